The van der Waals surface area contributed by atoms with Gasteiger partial charge in [-0.3, -0.25) is 9.59 Å². The molecule has 1 aliphatic carbocycles. The second-order valence-electron chi connectivity index (χ2n) is 10.6. The number of nitrogens with one attached hydrogen (secondary N) is 2. The van der Waals surface area contributed by atoms with Crippen LogP contribution >= 0.6 is 0 Å². The highest BCUT2D eigenvalue weighted by Gasteiger charge is 2.43. The summed E-state index contributed by atoms with van der Waals surface area (Å²) in [5.41, 5.74) is 1.37. The van der Waals surface area contributed by atoms with Gasteiger partial charge in [-0.2, -0.15) is 0 Å². The lowest BCUT2D eigenvalue weighted by molar-refractivity contribution is -0.138. The van der Waals surface area contributed by atoms with Crippen LogP contribution in [0.1, 0.15) is 82.4 Å². The molecule has 0 spiro atoms. The summed E-state index contributed by atoms with van der Waals surface area (Å²) in [5.74, 6) is 0.872. The number of nitrogens with zero attached hydrogens (tertiary/aromatic N) is 2. The Morgan fingerprint density at radius 1 is 1.18 bits per heavy atom. The molecule has 0 radical (unpaired) electrons. The van der Waals surface area contributed by atoms with Gasteiger partial charge in [0.05, 0.1) is 5.60 Å². The zero-order chi connectivity index (χ0) is 24.0. The molecule has 3 aliphatic rings. The minimum atomic E-state index is -1.14. The third-order valence-corrected chi connectivity index (χ3v) is 8.04. The van der Waals surface area contributed by atoms with E-state index in [4.69, 9.17) is 4.98 Å². The number of carbonyl (C=O) groups is 2. The first-order valence-corrected chi connectivity index (χ1v) is 13.4. The van der Waals surface area contributed by atoms with Gasteiger partial charge >= 0.3 is 0 Å². The van der Waals surface area contributed by atoms with E-state index in [1.165, 1.54) is 24.6 Å². The van der Waals surface area contributed by atoms with E-state index in [0.29, 0.717) is 12.8 Å². The topological polar surface area (TPSA) is 94.6 Å². The van der Waals surface area contributed by atoms with Crippen LogP contribution in [0.25, 0.3) is 0 Å². The van der Waals surface area contributed by atoms with E-state index in [9.17, 15) is 14.7 Å². The van der Waals surface area contributed by atoms with Gasteiger partial charge in [0.25, 0.3) is 0 Å². The van der Waals surface area contributed by atoms with Crippen LogP contribution in [0.15, 0.2) is 12.1 Å². The van der Waals surface area contributed by atoms with Crippen LogP contribution in [0.4, 0.5) is 5.82 Å². The SMILES string of the molecule is CC(=O)[C@H](NC(=O)C1CCCC1)C1(O)CCN(CCCCCc2ccc3c(n2)NCCC3)CC1. The number of amides is 1. The number of fused-ring (bicyclic) bond motifs is 1. The Balaban J connectivity index is 1.16. The first kappa shape index (κ1) is 25.1. The van der Waals surface area contributed by atoms with Gasteiger partial charge in [0.1, 0.15) is 11.9 Å². The fraction of sp³-hybridized carbons (Fsp3) is 0.741. The van der Waals surface area contributed by atoms with Crippen molar-refractivity contribution in [2.24, 2.45) is 5.92 Å². The molecule has 34 heavy (non-hydrogen) atoms. The number of aliphatic hydroxyl groups is 1. The van der Waals surface area contributed by atoms with E-state index in [-0.39, 0.29) is 17.6 Å². The Kier molecular flexibility index (Phi) is 8.59. The molecule has 1 saturated carbocycles. The van der Waals surface area contributed by atoms with Crippen LogP contribution in [0.5, 0.6) is 0 Å². The molecule has 1 atom stereocenters. The molecule has 3 heterocycles. The monoisotopic (exact) mass is 470 g/mol. The fourth-order valence-corrected chi connectivity index (χ4v) is 5.84. The largest absolute Gasteiger partial charge is 0.387 e. The number of hydrogen-bond donors (Lipinski definition) is 3. The molecule has 188 valence electrons. The van der Waals surface area contributed by atoms with Crippen molar-refractivity contribution >= 4 is 17.5 Å². The van der Waals surface area contributed by atoms with Gasteiger partial charge in [0.2, 0.25) is 5.91 Å². The number of rotatable bonds is 10. The lowest BCUT2D eigenvalue weighted by atomic mass is 9.82. The predicted octanol–water partition coefficient (Wildman–Crippen LogP) is 3.24. The number of pyridine rings is 1. The smallest absolute Gasteiger partial charge is 0.223 e. The fourth-order valence-electron chi connectivity index (χ4n) is 5.84. The number of anilines is 1. The van der Waals surface area contributed by atoms with Crippen molar-refractivity contribution < 1.29 is 14.7 Å². The highest BCUT2D eigenvalue weighted by atomic mass is 16.3. The van der Waals surface area contributed by atoms with Gasteiger partial charge < -0.3 is 20.6 Å². The van der Waals surface area contributed by atoms with Crippen LogP contribution in [0.3, 0.4) is 0 Å². The number of hydrogen-bond acceptors (Lipinski definition) is 6. The lowest BCUT2D eigenvalue weighted by Gasteiger charge is -2.42. The summed E-state index contributed by atoms with van der Waals surface area (Å²) in [6.07, 6.45) is 11.7. The quantitative estimate of drug-likeness (QED) is 0.455. The zero-order valence-electron chi connectivity index (χ0n) is 20.8. The molecule has 1 saturated heterocycles. The van der Waals surface area contributed by atoms with Crippen LogP contribution in [-0.2, 0) is 22.4 Å². The van der Waals surface area contributed by atoms with Gasteiger partial charge in [0, 0.05) is 31.2 Å². The van der Waals surface area contributed by atoms with E-state index < -0.39 is 11.6 Å². The molecular formula is C27H42N4O3. The van der Waals surface area contributed by atoms with Gasteiger partial charge in [-0.15, -0.1) is 0 Å². The van der Waals surface area contributed by atoms with Crippen molar-refractivity contribution in [1.82, 2.24) is 15.2 Å². The first-order valence-electron chi connectivity index (χ1n) is 13.4. The Morgan fingerprint density at radius 3 is 2.68 bits per heavy atom. The number of Topliss-reactive ketones (excluding diaryl/α,β-unsaturated/α-hetero) is 1. The molecule has 7 nitrogen and oxygen atoms in total. The minimum absolute atomic E-state index is 0.00157. The number of likely N-dealkylation sites (tertiary alicyclic amines) is 1. The van der Waals surface area contributed by atoms with Crippen LogP contribution in [0.2, 0.25) is 0 Å². The summed E-state index contributed by atoms with van der Waals surface area (Å²) in [5, 5.41) is 17.6. The molecule has 1 amide bonds. The Hall–Kier alpha value is -1.99. The Morgan fingerprint density at radius 2 is 1.94 bits per heavy atom. The third kappa shape index (κ3) is 6.36. The standard InChI is InChI=1S/C27H42N4O3/c1-20(32)24(30-26(33)22-8-4-5-9-22)27(34)14-18-31(19-15-27)17-6-2-3-11-23-13-12-21-10-7-16-28-25(21)29-23/h12-13,22,24,34H,2-11,14-19H2,1H3,(H,28,29)(H,30,33)/t24-/m0/s1. The van der Waals surface area contributed by atoms with E-state index in [2.05, 4.69) is 27.7 Å². The third-order valence-electron chi connectivity index (χ3n) is 8.04. The first-order chi connectivity index (χ1) is 16.4. The van der Waals surface area contributed by atoms with Crippen molar-refractivity contribution in [2.45, 2.75) is 95.6 Å². The molecule has 3 N–H and O–H groups in total. The van der Waals surface area contributed by atoms with Crippen molar-refractivity contribution in [3.05, 3.63) is 23.4 Å². The van der Waals surface area contributed by atoms with Crippen LogP contribution < -0.4 is 10.6 Å². The number of piperidine rings is 1. The van der Waals surface area contributed by atoms with Crippen molar-refractivity contribution in [2.75, 3.05) is 31.5 Å². The number of aromatic nitrogens is 1. The molecule has 7 heteroatoms. The summed E-state index contributed by atoms with van der Waals surface area (Å²) in [4.78, 5) is 32.1. The maximum Gasteiger partial charge on any atom is 0.223 e. The summed E-state index contributed by atoms with van der Waals surface area (Å²) in [6, 6.07) is 3.61. The molecule has 0 unspecified atom stereocenters. The van der Waals surface area contributed by atoms with E-state index >= 15 is 0 Å². The highest BCUT2D eigenvalue weighted by Crippen LogP contribution is 2.29. The van der Waals surface area contributed by atoms with Crippen LogP contribution in [0, 0.1) is 5.92 Å². The molecule has 4 rings (SSSR count). The molecule has 2 fully saturated rings. The van der Waals surface area contributed by atoms with Crippen molar-refractivity contribution in [3.8, 4) is 0 Å². The summed E-state index contributed by atoms with van der Waals surface area (Å²) in [6.45, 7) is 5.04. The van der Waals surface area contributed by atoms with Gasteiger partial charge in [0.15, 0.2) is 5.78 Å². The van der Waals surface area contributed by atoms with Crippen LogP contribution in [-0.4, -0.2) is 64.5 Å². The second kappa shape index (κ2) is 11.6. The van der Waals surface area contributed by atoms with E-state index in [0.717, 1.165) is 89.8 Å². The summed E-state index contributed by atoms with van der Waals surface area (Å²) in [7, 11) is 0. The van der Waals surface area contributed by atoms with E-state index in [1.54, 1.807) is 0 Å². The number of aryl methyl sites for hydroxylation is 2. The average Bonchev–Trinajstić information content (AvgIpc) is 3.38. The van der Waals surface area contributed by atoms with Gasteiger partial charge in [-0.1, -0.05) is 25.3 Å². The van der Waals surface area contributed by atoms with Gasteiger partial charge in [-0.05, 0) is 82.9 Å². The molecule has 0 bridgehead atoms. The maximum absolute atomic E-state index is 12.6. The molecule has 2 aliphatic heterocycles. The Bertz CT molecular complexity index is 844. The average molecular weight is 471 g/mol. The molecule has 0 aromatic carbocycles. The molecule has 1 aromatic heterocycles. The zero-order valence-corrected chi connectivity index (χ0v) is 20.8. The van der Waals surface area contributed by atoms with Crippen molar-refractivity contribution in [1.29, 1.82) is 0 Å². The summed E-state index contributed by atoms with van der Waals surface area (Å²) < 4.78 is 0. The van der Waals surface area contributed by atoms with Gasteiger partial charge in [-0.25, -0.2) is 4.98 Å². The highest BCUT2D eigenvalue weighted by molar-refractivity contribution is 5.89. The lowest BCUT2D eigenvalue weighted by Crippen LogP contribution is -2.61. The number of carbonyl (C=O) groups excluding carboxylic acids is 2. The second-order valence-corrected chi connectivity index (χ2v) is 10.6. The Labute approximate surface area is 204 Å². The molecular weight excluding hydrogens is 428 g/mol. The summed E-state index contributed by atoms with van der Waals surface area (Å²) >= 11 is 0. The normalized spacial score (nSPS) is 21.5. The number of ketones is 1. The predicted molar refractivity (Wildman–Crippen MR) is 134 cm³/mol. The maximum atomic E-state index is 12.6. The van der Waals surface area contributed by atoms with E-state index in [1.807, 2.05) is 0 Å². The minimum Gasteiger partial charge on any atom is -0.387 e. The number of unbranched alkanes of at least 4 members (excludes halogenated alkanes) is 2. The molecule has 1 aromatic rings. The van der Waals surface area contributed by atoms with Crippen molar-refractivity contribution in [3.63, 3.8) is 0 Å².